The molecule has 0 aliphatic heterocycles. The van der Waals surface area contributed by atoms with Crippen LogP contribution in [0.3, 0.4) is 0 Å². The van der Waals surface area contributed by atoms with E-state index in [1.54, 1.807) is 60.9 Å². The number of aromatic nitrogens is 2. The first-order chi connectivity index (χ1) is 19.3. The number of nitrogens with one attached hydrogen (secondary N) is 4. The quantitative estimate of drug-likeness (QED) is 0.154. The molecular weight excluding hydrogens is 517 g/mol. The third kappa shape index (κ3) is 7.65. The number of nitrogens with zero attached hydrogens (tertiary/aromatic N) is 1. The molecular formula is C28H28FN7O4. The Balaban J connectivity index is 1.33. The predicted octanol–water partition coefficient (Wildman–Crippen LogP) is 4.11. The van der Waals surface area contributed by atoms with E-state index in [9.17, 15) is 18.8 Å². The average Bonchev–Trinajstić information content (AvgIpc) is 3.44. The summed E-state index contributed by atoms with van der Waals surface area (Å²) in [7, 11) is 0. The maximum absolute atomic E-state index is 14.0. The number of ether oxygens (including phenoxy) is 1. The molecule has 0 unspecified atom stereocenters. The third-order valence-corrected chi connectivity index (χ3v) is 5.70. The Bertz CT molecular complexity index is 1500. The predicted molar refractivity (Wildman–Crippen MR) is 148 cm³/mol. The Morgan fingerprint density at radius 1 is 0.975 bits per heavy atom. The molecule has 0 spiro atoms. The fourth-order valence-electron chi connectivity index (χ4n) is 3.68. The maximum Gasteiger partial charge on any atom is 0.323 e. The number of hydrogen-bond acceptors (Lipinski definition) is 6. The standard InChI is InChI=1S/C28H28FN7O4/c29-22-8-3-17(15-30)12-23(22)36-28(39)35-19-4-6-20(7-5-19)40-21-9-11-32-25(14-21)24-13-18(16-34-24)27(38)33-10-1-2-26(31)37/h3-9,11-14,16,34H,1-2,10,15,30H2,(H2,31,37)(H,33,38)(H2,35,36,39). The molecule has 2 aromatic carbocycles. The lowest BCUT2D eigenvalue weighted by Crippen LogP contribution is -2.25. The molecule has 0 saturated heterocycles. The van der Waals surface area contributed by atoms with E-state index in [0.717, 1.165) is 0 Å². The van der Waals surface area contributed by atoms with E-state index in [1.807, 2.05) is 0 Å². The van der Waals surface area contributed by atoms with Crippen LogP contribution < -0.4 is 32.2 Å². The van der Waals surface area contributed by atoms with Gasteiger partial charge in [-0.15, -0.1) is 0 Å². The minimum atomic E-state index is -0.606. The normalized spacial score (nSPS) is 10.6. The molecule has 4 amide bonds. The van der Waals surface area contributed by atoms with Crippen LogP contribution in [0.25, 0.3) is 11.4 Å². The summed E-state index contributed by atoms with van der Waals surface area (Å²) in [5.74, 6) is -0.247. The van der Waals surface area contributed by atoms with Gasteiger partial charge in [-0.05, 0) is 60.5 Å². The number of H-pyrrole nitrogens is 1. The van der Waals surface area contributed by atoms with E-state index in [4.69, 9.17) is 16.2 Å². The van der Waals surface area contributed by atoms with Crippen molar-refractivity contribution in [3.8, 4) is 22.9 Å². The van der Waals surface area contributed by atoms with Gasteiger partial charge in [0.15, 0.2) is 0 Å². The Morgan fingerprint density at radius 3 is 2.52 bits per heavy atom. The van der Waals surface area contributed by atoms with Crippen LogP contribution >= 0.6 is 0 Å². The molecule has 0 atom stereocenters. The van der Waals surface area contributed by atoms with Gasteiger partial charge in [0, 0.05) is 43.7 Å². The van der Waals surface area contributed by atoms with Gasteiger partial charge >= 0.3 is 6.03 Å². The number of primary amides is 1. The summed E-state index contributed by atoms with van der Waals surface area (Å²) in [4.78, 5) is 42.8. The number of benzene rings is 2. The highest BCUT2D eigenvalue weighted by Crippen LogP contribution is 2.27. The van der Waals surface area contributed by atoms with Crippen LogP contribution in [0.5, 0.6) is 11.5 Å². The van der Waals surface area contributed by atoms with Gasteiger partial charge in [-0.25, -0.2) is 9.18 Å². The largest absolute Gasteiger partial charge is 0.457 e. The van der Waals surface area contributed by atoms with Gasteiger partial charge in [0.2, 0.25) is 5.91 Å². The highest BCUT2D eigenvalue weighted by Gasteiger charge is 2.12. The van der Waals surface area contributed by atoms with Crippen molar-refractivity contribution in [2.45, 2.75) is 19.4 Å². The van der Waals surface area contributed by atoms with Crippen molar-refractivity contribution in [3.05, 3.63) is 90.0 Å². The van der Waals surface area contributed by atoms with Gasteiger partial charge in [-0.3, -0.25) is 14.6 Å². The molecule has 40 heavy (non-hydrogen) atoms. The molecule has 0 fully saturated rings. The van der Waals surface area contributed by atoms with Gasteiger partial charge in [0.1, 0.15) is 17.3 Å². The van der Waals surface area contributed by atoms with E-state index in [0.29, 0.717) is 52.7 Å². The molecule has 0 aliphatic carbocycles. The summed E-state index contributed by atoms with van der Waals surface area (Å²) in [5, 5.41) is 7.84. The van der Waals surface area contributed by atoms with Gasteiger partial charge in [0.25, 0.3) is 5.91 Å². The number of pyridine rings is 1. The molecule has 4 aromatic rings. The van der Waals surface area contributed by atoms with E-state index in [2.05, 4.69) is 25.9 Å². The molecule has 4 rings (SSSR count). The number of rotatable bonds is 11. The first-order valence-corrected chi connectivity index (χ1v) is 12.4. The minimum Gasteiger partial charge on any atom is -0.457 e. The van der Waals surface area contributed by atoms with Crippen molar-refractivity contribution >= 4 is 29.2 Å². The first-order valence-electron chi connectivity index (χ1n) is 12.4. The molecule has 0 aliphatic rings. The first kappa shape index (κ1) is 27.8. The number of aromatic amines is 1. The monoisotopic (exact) mass is 545 g/mol. The van der Waals surface area contributed by atoms with Crippen LogP contribution in [0.4, 0.5) is 20.6 Å². The molecule has 12 heteroatoms. The Kier molecular flexibility index (Phi) is 9.05. The Hall–Kier alpha value is -5.23. The van der Waals surface area contributed by atoms with E-state index in [-0.39, 0.29) is 24.6 Å². The van der Waals surface area contributed by atoms with Crippen LogP contribution in [-0.2, 0) is 11.3 Å². The summed E-state index contributed by atoms with van der Waals surface area (Å²) in [5.41, 5.74) is 13.5. The van der Waals surface area contributed by atoms with Gasteiger partial charge in [-0.2, -0.15) is 0 Å². The van der Waals surface area contributed by atoms with Crippen LogP contribution in [0.2, 0.25) is 0 Å². The van der Waals surface area contributed by atoms with Crippen LogP contribution in [0.1, 0.15) is 28.8 Å². The fraction of sp³-hybridized carbons (Fsp3) is 0.143. The summed E-state index contributed by atoms with van der Waals surface area (Å²) in [6.07, 6.45) is 3.82. The SMILES string of the molecule is NCc1ccc(F)c(NC(=O)Nc2ccc(Oc3ccnc(-c4cc(C(=O)NCCCC(N)=O)c[nH]4)c3)cc2)c1. The third-order valence-electron chi connectivity index (χ3n) is 5.70. The highest BCUT2D eigenvalue weighted by atomic mass is 19.1. The smallest absolute Gasteiger partial charge is 0.323 e. The number of hydrogen-bond donors (Lipinski definition) is 6. The topological polar surface area (TPSA) is 177 Å². The lowest BCUT2D eigenvalue weighted by atomic mass is 10.2. The molecule has 11 nitrogen and oxygen atoms in total. The molecule has 0 radical (unpaired) electrons. The number of carbonyl (C=O) groups excluding carboxylic acids is 3. The number of carbonyl (C=O) groups is 3. The molecule has 2 heterocycles. The summed E-state index contributed by atoms with van der Waals surface area (Å²) >= 11 is 0. The minimum absolute atomic E-state index is 0.0314. The zero-order valence-corrected chi connectivity index (χ0v) is 21.4. The average molecular weight is 546 g/mol. The number of amides is 4. The highest BCUT2D eigenvalue weighted by molar-refractivity contribution is 6.00. The van der Waals surface area contributed by atoms with E-state index < -0.39 is 17.8 Å². The summed E-state index contributed by atoms with van der Waals surface area (Å²) in [6, 6.07) is 15.3. The van der Waals surface area contributed by atoms with Crippen molar-refractivity contribution in [2.24, 2.45) is 11.5 Å². The van der Waals surface area contributed by atoms with Crippen molar-refractivity contribution in [1.29, 1.82) is 0 Å². The number of nitrogens with two attached hydrogens (primary N) is 2. The zero-order valence-electron chi connectivity index (χ0n) is 21.4. The second kappa shape index (κ2) is 13.0. The second-order valence-corrected chi connectivity index (χ2v) is 8.73. The van der Waals surface area contributed by atoms with Crippen molar-refractivity contribution in [3.63, 3.8) is 0 Å². The Morgan fingerprint density at radius 2 is 1.77 bits per heavy atom. The molecule has 206 valence electrons. The summed E-state index contributed by atoms with van der Waals surface area (Å²) in [6.45, 7) is 0.561. The number of urea groups is 1. The van der Waals surface area contributed by atoms with Gasteiger partial charge < -0.3 is 37.1 Å². The van der Waals surface area contributed by atoms with Crippen molar-refractivity contribution in [1.82, 2.24) is 15.3 Å². The molecule has 0 saturated carbocycles. The Labute approximate surface area is 229 Å². The van der Waals surface area contributed by atoms with Crippen LogP contribution in [-0.4, -0.2) is 34.4 Å². The number of halogens is 1. The molecule has 2 aromatic heterocycles. The maximum atomic E-state index is 14.0. The molecule has 0 bridgehead atoms. The van der Waals surface area contributed by atoms with E-state index >= 15 is 0 Å². The lowest BCUT2D eigenvalue weighted by molar-refractivity contribution is -0.118. The van der Waals surface area contributed by atoms with Crippen molar-refractivity contribution < 1.29 is 23.5 Å². The van der Waals surface area contributed by atoms with Crippen LogP contribution in [0, 0.1) is 5.82 Å². The number of anilines is 2. The van der Waals surface area contributed by atoms with Crippen molar-refractivity contribution in [2.75, 3.05) is 17.2 Å². The molecule has 8 N–H and O–H groups in total. The van der Waals surface area contributed by atoms with Gasteiger partial charge in [-0.1, -0.05) is 6.07 Å². The van der Waals surface area contributed by atoms with Crippen LogP contribution in [0.15, 0.2) is 73.1 Å². The summed E-state index contributed by atoms with van der Waals surface area (Å²) < 4.78 is 19.9. The van der Waals surface area contributed by atoms with Gasteiger partial charge in [0.05, 0.1) is 22.6 Å². The second-order valence-electron chi connectivity index (χ2n) is 8.73. The zero-order chi connectivity index (χ0) is 28.5. The van der Waals surface area contributed by atoms with E-state index in [1.165, 1.54) is 12.1 Å². The lowest BCUT2D eigenvalue weighted by Gasteiger charge is -2.11. The fourth-order valence-corrected chi connectivity index (χ4v) is 3.68.